The molecule has 0 bridgehead atoms. The van der Waals surface area contributed by atoms with Crippen molar-refractivity contribution >= 4 is 12.1 Å². The molecule has 5 nitrogen and oxygen atoms in total. The fraction of sp³-hybridized carbons (Fsp3) is 0.185. The summed E-state index contributed by atoms with van der Waals surface area (Å²) in [4.78, 5) is 23.0. The molecule has 3 aromatic carbocycles. The number of alkyl carbamates (subject to hydrolysis) is 1. The number of carbonyl (C=O) groups excluding carboxylic acids is 1. The zero-order valence-electron chi connectivity index (χ0n) is 17.5. The number of benzene rings is 3. The Morgan fingerprint density at radius 2 is 1.62 bits per heavy atom. The molecule has 0 radical (unpaired) electrons. The Hall–Kier alpha value is -4.04. The van der Waals surface area contributed by atoms with Crippen LogP contribution in [0, 0.1) is 11.8 Å². The second-order valence-corrected chi connectivity index (χ2v) is 7.57. The highest BCUT2D eigenvalue weighted by Crippen LogP contribution is 2.44. The van der Waals surface area contributed by atoms with Gasteiger partial charge in [0, 0.05) is 24.4 Å². The van der Waals surface area contributed by atoms with Gasteiger partial charge < -0.3 is 15.2 Å². The molecule has 1 aliphatic carbocycles. The highest BCUT2D eigenvalue weighted by molar-refractivity contribution is 5.79. The average Bonchev–Trinajstić information content (AvgIpc) is 3.11. The predicted molar refractivity (Wildman–Crippen MR) is 122 cm³/mol. The molecular formula is C27H23NO4. The van der Waals surface area contributed by atoms with Gasteiger partial charge in [0.15, 0.2) is 0 Å². The summed E-state index contributed by atoms with van der Waals surface area (Å²) in [5.41, 5.74) is 6.21. The minimum Gasteiger partial charge on any atom is -0.481 e. The van der Waals surface area contributed by atoms with Crippen LogP contribution in [0.2, 0.25) is 0 Å². The van der Waals surface area contributed by atoms with Gasteiger partial charge in [-0.2, -0.15) is 0 Å². The van der Waals surface area contributed by atoms with Crippen LogP contribution in [0.25, 0.3) is 11.1 Å². The molecule has 0 heterocycles. The second-order valence-electron chi connectivity index (χ2n) is 7.57. The summed E-state index contributed by atoms with van der Waals surface area (Å²) in [5, 5.41) is 11.6. The largest absolute Gasteiger partial charge is 0.481 e. The number of fused-ring (bicyclic) bond motifs is 3. The summed E-state index contributed by atoms with van der Waals surface area (Å²) < 4.78 is 5.50. The van der Waals surface area contributed by atoms with Gasteiger partial charge in [-0.25, -0.2) is 4.79 Å². The summed E-state index contributed by atoms with van der Waals surface area (Å²) in [6.45, 7) is 0.653. The maximum absolute atomic E-state index is 12.2. The molecule has 2 N–H and O–H groups in total. The first kappa shape index (κ1) is 21.2. The van der Waals surface area contributed by atoms with Gasteiger partial charge in [0.2, 0.25) is 0 Å². The van der Waals surface area contributed by atoms with Crippen LogP contribution >= 0.6 is 0 Å². The number of aliphatic carboxylic acids is 1. The first-order chi connectivity index (χ1) is 15.6. The van der Waals surface area contributed by atoms with E-state index in [1.165, 1.54) is 22.3 Å². The van der Waals surface area contributed by atoms with Crippen LogP contribution in [-0.4, -0.2) is 30.3 Å². The SMILES string of the molecule is O=C(O)Cc1cccc(C#CCCNC(=O)OCC2c3ccccc3-c3ccccc32)c1. The van der Waals surface area contributed by atoms with Crippen LogP contribution in [0.4, 0.5) is 4.79 Å². The second kappa shape index (κ2) is 9.84. The van der Waals surface area contributed by atoms with E-state index in [2.05, 4.69) is 41.4 Å². The molecule has 0 saturated carbocycles. The fourth-order valence-electron chi connectivity index (χ4n) is 3.97. The van der Waals surface area contributed by atoms with E-state index in [0.717, 1.165) is 5.56 Å². The molecule has 0 saturated heterocycles. The molecule has 0 atom stereocenters. The van der Waals surface area contributed by atoms with Crippen LogP contribution in [0.5, 0.6) is 0 Å². The molecule has 1 aliphatic rings. The van der Waals surface area contributed by atoms with Crippen molar-refractivity contribution in [2.75, 3.05) is 13.2 Å². The predicted octanol–water partition coefficient (Wildman–Crippen LogP) is 4.59. The third kappa shape index (κ3) is 4.98. The molecule has 0 unspecified atom stereocenters. The van der Waals surface area contributed by atoms with Crippen molar-refractivity contribution in [3.8, 4) is 23.0 Å². The van der Waals surface area contributed by atoms with Crippen LogP contribution in [0.15, 0.2) is 72.8 Å². The summed E-state index contributed by atoms with van der Waals surface area (Å²) in [6.07, 6.45) is -0.0243. The van der Waals surface area contributed by atoms with E-state index < -0.39 is 12.1 Å². The van der Waals surface area contributed by atoms with Crippen LogP contribution in [0.1, 0.15) is 34.6 Å². The van der Waals surface area contributed by atoms with Gasteiger partial charge in [-0.15, -0.1) is 0 Å². The van der Waals surface area contributed by atoms with E-state index >= 15 is 0 Å². The van der Waals surface area contributed by atoms with E-state index in [-0.39, 0.29) is 18.9 Å². The summed E-state index contributed by atoms with van der Waals surface area (Å²) in [5.74, 6) is 5.15. The van der Waals surface area contributed by atoms with E-state index in [1.54, 1.807) is 18.2 Å². The number of hydrogen-bond acceptors (Lipinski definition) is 3. The number of rotatable bonds is 6. The van der Waals surface area contributed by atoms with Gasteiger partial charge in [-0.1, -0.05) is 72.5 Å². The summed E-state index contributed by atoms with van der Waals surface area (Å²) in [6, 6.07) is 23.6. The molecule has 0 spiro atoms. The highest BCUT2D eigenvalue weighted by Gasteiger charge is 2.28. The molecular weight excluding hydrogens is 402 g/mol. The Morgan fingerprint density at radius 3 is 2.31 bits per heavy atom. The Labute approximate surface area is 187 Å². The summed E-state index contributed by atoms with van der Waals surface area (Å²) >= 11 is 0. The third-order valence-electron chi connectivity index (χ3n) is 5.38. The number of ether oxygens (including phenoxy) is 1. The molecule has 32 heavy (non-hydrogen) atoms. The zero-order valence-corrected chi connectivity index (χ0v) is 17.5. The Morgan fingerprint density at radius 1 is 0.938 bits per heavy atom. The fourth-order valence-corrected chi connectivity index (χ4v) is 3.97. The van der Waals surface area contributed by atoms with Crippen LogP contribution in [-0.2, 0) is 16.0 Å². The average molecular weight is 425 g/mol. The summed E-state index contributed by atoms with van der Waals surface area (Å²) in [7, 11) is 0. The molecule has 1 amide bonds. The van der Waals surface area contributed by atoms with Gasteiger partial charge >= 0.3 is 12.1 Å². The van der Waals surface area contributed by atoms with Crippen molar-refractivity contribution in [3.63, 3.8) is 0 Å². The van der Waals surface area contributed by atoms with Crippen molar-refractivity contribution < 1.29 is 19.4 Å². The normalized spacial score (nSPS) is 11.6. The lowest BCUT2D eigenvalue weighted by molar-refractivity contribution is -0.136. The number of carboxylic acids is 1. The molecule has 4 rings (SSSR count). The molecule has 3 aromatic rings. The number of carbonyl (C=O) groups is 2. The number of hydrogen-bond donors (Lipinski definition) is 2. The minimum absolute atomic E-state index is 0.0289. The lowest BCUT2D eigenvalue weighted by Crippen LogP contribution is -2.26. The van der Waals surface area contributed by atoms with Gasteiger partial charge in [-0.3, -0.25) is 4.79 Å². The minimum atomic E-state index is -0.873. The lowest BCUT2D eigenvalue weighted by atomic mass is 9.98. The Balaban J connectivity index is 1.27. The molecule has 5 heteroatoms. The van der Waals surface area contributed by atoms with Gasteiger partial charge in [0.05, 0.1) is 6.42 Å². The van der Waals surface area contributed by atoms with Crippen molar-refractivity contribution in [1.29, 1.82) is 0 Å². The van der Waals surface area contributed by atoms with Crippen molar-refractivity contribution in [2.45, 2.75) is 18.8 Å². The quantitative estimate of drug-likeness (QED) is 0.447. The van der Waals surface area contributed by atoms with Crippen molar-refractivity contribution in [3.05, 3.63) is 95.1 Å². The maximum Gasteiger partial charge on any atom is 0.407 e. The molecule has 0 fully saturated rings. The van der Waals surface area contributed by atoms with Gasteiger partial charge in [-0.05, 0) is 39.9 Å². The van der Waals surface area contributed by atoms with Crippen LogP contribution in [0.3, 0.4) is 0 Å². The number of carboxylic acid groups (broad SMARTS) is 1. The number of amides is 1. The van der Waals surface area contributed by atoms with E-state index in [4.69, 9.17) is 9.84 Å². The Bertz CT molecular complexity index is 1160. The molecule has 0 aliphatic heterocycles. The van der Waals surface area contributed by atoms with Crippen molar-refractivity contribution in [2.24, 2.45) is 0 Å². The highest BCUT2D eigenvalue weighted by atomic mass is 16.5. The Kier molecular flexibility index (Phi) is 6.52. The van der Waals surface area contributed by atoms with E-state index in [1.807, 2.05) is 30.3 Å². The van der Waals surface area contributed by atoms with E-state index in [9.17, 15) is 9.59 Å². The van der Waals surface area contributed by atoms with E-state index in [0.29, 0.717) is 18.5 Å². The van der Waals surface area contributed by atoms with Gasteiger partial charge in [0.1, 0.15) is 6.61 Å². The first-order valence-electron chi connectivity index (χ1n) is 10.5. The topological polar surface area (TPSA) is 75.6 Å². The zero-order chi connectivity index (χ0) is 22.3. The third-order valence-corrected chi connectivity index (χ3v) is 5.38. The molecule has 0 aromatic heterocycles. The maximum atomic E-state index is 12.2. The first-order valence-corrected chi connectivity index (χ1v) is 10.5. The molecule has 160 valence electrons. The van der Waals surface area contributed by atoms with Crippen LogP contribution < -0.4 is 5.32 Å². The van der Waals surface area contributed by atoms with Crippen molar-refractivity contribution in [1.82, 2.24) is 5.32 Å². The van der Waals surface area contributed by atoms with Gasteiger partial charge in [0.25, 0.3) is 0 Å². The standard InChI is InChI=1S/C27H23NO4/c29-26(30)17-20-10-7-9-19(16-20)8-5-6-15-28-27(31)32-18-25-23-13-3-1-11-21(23)22-12-2-4-14-24(22)25/h1-4,7,9-14,16,25H,6,15,17-18H2,(H,28,31)(H,29,30). The lowest BCUT2D eigenvalue weighted by Gasteiger charge is -2.14. The smallest absolute Gasteiger partial charge is 0.407 e. The number of nitrogens with one attached hydrogen (secondary N) is 1. The monoisotopic (exact) mass is 425 g/mol.